The van der Waals surface area contributed by atoms with Crippen LogP contribution in [0.3, 0.4) is 0 Å². The van der Waals surface area contributed by atoms with Gasteiger partial charge in [0.1, 0.15) is 0 Å². The number of hydrogen-bond acceptors (Lipinski definition) is 5. The van der Waals surface area contributed by atoms with E-state index in [4.69, 9.17) is 0 Å². The second kappa shape index (κ2) is 10.8. The smallest absolute Gasteiger partial charge is 0.224 e. The Morgan fingerprint density at radius 2 is 1.62 bits per heavy atom. The number of carbonyl (C=O) groups excluding carboxylic acids is 2. The maximum Gasteiger partial charge on any atom is 0.224 e. The molecule has 4 aliphatic rings. The van der Waals surface area contributed by atoms with Crippen molar-refractivity contribution in [2.24, 2.45) is 46.3 Å². The van der Waals surface area contributed by atoms with Crippen LogP contribution in [0.2, 0.25) is 0 Å². The number of amides is 2. The fourth-order valence-corrected chi connectivity index (χ4v) is 9.76. The van der Waals surface area contributed by atoms with E-state index in [1.54, 1.807) is 24.3 Å². The zero-order valence-corrected chi connectivity index (χ0v) is 24.0. The molecule has 5 N–H and O–H groups in total. The summed E-state index contributed by atoms with van der Waals surface area (Å²) >= 11 is 0. The summed E-state index contributed by atoms with van der Waals surface area (Å²) in [5.41, 5.74) is 1.22. The maximum absolute atomic E-state index is 12.8. The molecule has 1 aromatic carbocycles. The third-order valence-electron chi connectivity index (χ3n) is 11.8. The van der Waals surface area contributed by atoms with Crippen LogP contribution in [-0.2, 0) is 9.59 Å². The van der Waals surface area contributed by atoms with Crippen LogP contribution in [0.15, 0.2) is 24.3 Å². The Balaban J connectivity index is 1.23. The lowest BCUT2D eigenvalue weighted by molar-refractivity contribution is -0.207. The molecule has 7 heteroatoms. The molecule has 0 spiro atoms. The van der Waals surface area contributed by atoms with Crippen molar-refractivity contribution in [1.82, 2.24) is 0 Å². The number of hydrogen-bond donors (Lipinski definition) is 5. The number of aliphatic hydroxyl groups excluding tert-OH is 3. The Morgan fingerprint density at radius 1 is 0.949 bits per heavy atom. The lowest BCUT2D eigenvalue weighted by Crippen LogP contribution is -2.62. The standard InChI is InChI=1S/C32H48N2O5/c1-18(5-12-29(39)34-22-8-6-21(7-9-22)33-19(2)35)24-10-11-25-30-26(17-28(38)32(24,25)4)31(3)14-13-23(36)15-20(31)16-27(30)37/h6-9,18,20,23-28,30,36-38H,5,10-17H2,1-4H3,(H,33,35)(H,34,39)/t18-,20?,23-,24-,25?,26?,27-,28+,30?,31+,32-/m1/s1. The first kappa shape index (κ1) is 28.6. The quantitative estimate of drug-likeness (QED) is 0.349. The van der Waals surface area contributed by atoms with Gasteiger partial charge in [-0.1, -0.05) is 20.8 Å². The Bertz CT molecular complexity index is 1060. The first-order chi connectivity index (χ1) is 18.4. The average molecular weight is 541 g/mol. The number of benzene rings is 1. The van der Waals surface area contributed by atoms with Crippen LogP contribution in [0.4, 0.5) is 11.4 Å². The minimum Gasteiger partial charge on any atom is -0.393 e. The van der Waals surface area contributed by atoms with Crippen molar-refractivity contribution < 1.29 is 24.9 Å². The van der Waals surface area contributed by atoms with E-state index in [1.807, 2.05) is 0 Å². The maximum atomic E-state index is 12.8. The van der Waals surface area contributed by atoms with Crippen molar-refractivity contribution in [2.75, 3.05) is 10.6 Å². The zero-order valence-electron chi connectivity index (χ0n) is 24.0. The minimum absolute atomic E-state index is 0.0285. The van der Waals surface area contributed by atoms with Crippen molar-refractivity contribution in [1.29, 1.82) is 0 Å². The SMILES string of the molecule is CC(=O)Nc1ccc(NC(=O)CC[C@@H](C)[C@H]2CCC3C4C(C[C@H](O)[C@@]32C)[C@@]2(C)CC[C@@H](O)CC2C[C@H]4O)cc1. The molecule has 4 fully saturated rings. The molecule has 5 rings (SSSR count). The molecule has 11 atom stereocenters. The van der Waals surface area contributed by atoms with Crippen molar-refractivity contribution in [3.05, 3.63) is 24.3 Å². The van der Waals surface area contributed by atoms with Crippen LogP contribution in [0.25, 0.3) is 0 Å². The molecule has 216 valence electrons. The van der Waals surface area contributed by atoms with Crippen LogP contribution in [0.1, 0.15) is 85.5 Å². The second-order valence-corrected chi connectivity index (χ2v) is 13.8. The lowest BCUT2D eigenvalue weighted by Gasteiger charge is -2.63. The van der Waals surface area contributed by atoms with E-state index in [0.717, 1.165) is 51.4 Å². The van der Waals surface area contributed by atoms with E-state index in [1.165, 1.54) is 6.92 Å². The molecule has 0 bridgehead atoms. The van der Waals surface area contributed by atoms with Crippen LogP contribution in [0.5, 0.6) is 0 Å². The van der Waals surface area contributed by atoms with Gasteiger partial charge in [-0.15, -0.1) is 0 Å². The van der Waals surface area contributed by atoms with Crippen molar-refractivity contribution in [3.8, 4) is 0 Å². The summed E-state index contributed by atoms with van der Waals surface area (Å²) in [4.78, 5) is 24.0. The van der Waals surface area contributed by atoms with Crippen molar-refractivity contribution >= 4 is 23.2 Å². The predicted octanol–water partition coefficient (Wildman–Crippen LogP) is 4.96. The second-order valence-electron chi connectivity index (χ2n) is 13.8. The number of aliphatic hydroxyl groups is 3. The number of nitrogens with one attached hydrogen (secondary N) is 2. The predicted molar refractivity (Wildman–Crippen MR) is 152 cm³/mol. The fraction of sp³-hybridized carbons (Fsp3) is 0.750. The van der Waals surface area contributed by atoms with Gasteiger partial charge >= 0.3 is 0 Å². The zero-order chi connectivity index (χ0) is 28.1. The Morgan fingerprint density at radius 3 is 2.28 bits per heavy atom. The first-order valence-electron chi connectivity index (χ1n) is 15.1. The Kier molecular flexibility index (Phi) is 7.90. The molecule has 0 aliphatic heterocycles. The third kappa shape index (κ3) is 5.15. The number of rotatable bonds is 6. The number of fused-ring (bicyclic) bond motifs is 5. The van der Waals surface area contributed by atoms with E-state index >= 15 is 0 Å². The summed E-state index contributed by atoms with van der Waals surface area (Å²) < 4.78 is 0. The molecule has 1 aromatic rings. The molecular weight excluding hydrogens is 492 g/mol. The van der Waals surface area contributed by atoms with Crippen LogP contribution < -0.4 is 10.6 Å². The molecule has 4 saturated carbocycles. The molecule has 0 aromatic heterocycles. The summed E-state index contributed by atoms with van der Waals surface area (Å²) in [5.74, 6) is 1.55. The normalized spacial score (nSPS) is 42.0. The van der Waals surface area contributed by atoms with Gasteiger partial charge in [-0.3, -0.25) is 9.59 Å². The Hall–Kier alpha value is -1.96. The molecule has 0 saturated heterocycles. The summed E-state index contributed by atoms with van der Waals surface area (Å²) in [6, 6.07) is 7.12. The molecule has 7 nitrogen and oxygen atoms in total. The van der Waals surface area contributed by atoms with E-state index < -0.39 is 6.10 Å². The number of carbonyl (C=O) groups is 2. The van der Waals surface area contributed by atoms with Gasteiger partial charge in [-0.2, -0.15) is 0 Å². The largest absolute Gasteiger partial charge is 0.393 e. The highest BCUT2D eigenvalue weighted by Crippen LogP contribution is 2.68. The van der Waals surface area contributed by atoms with Gasteiger partial charge in [0.05, 0.1) is 18.3 Å². The van der Waals surface area contributed by atoms with E-state index in [2.05, 4.69) is 31.4 Å². The molecule has 2 amide bonds. The summed E-state index contributed by atoms with van der Waals surface area (Å²) in [6.45, 7) is 8.31. The van der Waals surface area contributed by atoms with Gasteiger partial charge in [0, 0.05) is 24.7 Å². The third-order valence-corrected chi connectivity index (χ3v) is 11.8. The van der Waals surface area contributed by atoms with Crippen LogP contribution in [0, 0.1) is 46.3 Å². The highest BCUT2D eigenvalue weighted by atomic mass is 16.3. The Labute approximate surface area is 233 Å². The fourth-order valence-electron chi connectivity index (χ4n) is 9.76. The van der Waals surface area contributed by atoms with Crippen LogP contribution >= 0.6 is 0 Å². The van der Waals surface area contributed by atoms with E-state index in [9.17, 15) is 24.9 Å². The minimum atomic E-state index is -0.413. The summed E-state index contributed by atoms with van der Waals surface area (Å²) in [5, 5.41) is 39.2. The average Bonchev–Trinajstić information content (AvgIpc) is 3.23. The van der Waals surface area contributed by atoms with Gasteiger partial charge < -0.3 is 26.0 Å². The molecule has 39 heavy (non-hydrogen) atoms. The summed E-state index contributed by atoms with van der Waals surface area (Å²) in [7, 11) is 0. The van der Waals surface area contributed by atoms with Gasteiger partial charge in [0.2, 0.25) is 11.8 Å². The van der Waals surface area contributed by atoms with Crippen molar-refractivity contribution in [2.45, 2.75) is 104 Å². The van der Waals surface area contributed by atoms with E-state index in [0.29, 0.717) is 35.5 Å². The topological polar surface area (TPSA) is 119 Å². The van der Waals surface area contributed by atoms with Gasteiger partial charge in [0.15, 0.2) is 0 Å². The van der Waals surface area contributed by atoms with Crippen molar-refractivity contribution in [3.63, 3.8) is 0 Å². The van der Waals surface area contributed by atoms with E-state index in [-0.39, 0.29) is 52.6 Å². The highest BCUT2D eigenvalue weighted by Gasteiger charge is 2.65. The lowest BCUT2D eigenvalue weighted by atomic mass is 9.43. The number of anilines is 2. The first-order valence-corrected chi connectivity index (χ1v) is 15.1. The molecular formula is C32H48N2O5. The molecule has 4 aliphatic carbocycles. The molecule has 4 unspecified atom stereocenters. The molecule has 0 radical (unpaired) electrons. The monoisotopic (exact) mass is 540 g/mol. The highest BCUT2D eigenvalue weighted by molar-refractivity contribution is 5.92. The summed E-state index contributed by atoms with van der Waals surface area (Å²) in [6.07, 6.45) is 6.26. The van der Waals surface area contributed by atoms with Gasteiger partial charge in [-0.25, -0.2) is 0 Å². The van der Waals surface area contributed by atoms with Gasteiger partial charge in [-0.05, 0) is 122 Å². The van der Waals surface area contributed by atoms with Gasteiger partial charge in [0.25, 0.3) is 0 Å². The van der Waals surface area contributed by atoms with Crippen LogP contribution in [-0.4, -0.2) is 45.4 Å². The molecule has 0 heterocycles.